The Labute approximate surface area is 127 Å². The maximum atomic E-state index is 12.8. The molecule has 1 heterocycles. The molecule has 1 saturated heterocycles. The lowest BCUT2D eigenvalue weighted by molar-refractivity contribution is -0.127. The first-order valence-electron chi connectivity index (χ1n) is 6.54. The molecule has 0 bridgehead atoms. The van der Waals surface area contributed by atoms with E-state index < -0.39 is 0 Å². The van der Waals surface area contributed by atoms with Gasteiger partial charge in [-0.15, -0.1) is 0 Å². The Morgan fingerprint density at radius 3 is 2.57 bits per heavy atom. The fourth-order valence-electron chi connectivity index (χ4n) is 2.02. The van der Waals surface area contributed by atoms with E-state index >= 15 is 0 Å². The summed E-state index contributed by atoms with van der Waals surface area (Å²) >= 11 is 5.04. The van der Waals surface area contributed by atoms with E-state index in [1.54, 1.807) is 24.3 Å². The summed E-state index contributed by atoms with van der Waals surface area (Å²) in [5.74, 6) is -0.934. The first-order chi connectivity index (χ1) is 10.0. The molecule has 1 fully saturated rings. The van der Waals surface area contributed by atoms with E-state index in [4.69, 9.17) is 12.2 Å². The highest BCUT2D eigenvalue weighted by molar-refractivity contribution is 7.80. The topological polar surface area (TPSA) is 37.4 Å². The molecule has 1 aromatic carbocycles. The summed E-state index contributed by atoms with van der Waals surface area (Å²) in [6.07, 6.45) is 4.89. The SMILES string of the molecule is CCN1C(=O)/C(=C/C=C/c2ccc(F)cc2)C(=O)CC1=S. The number of halogens is 1. The number of piperidine rings is 1. The fourth-order valence-corrected chi connectivity index (χ4v) is 2.36. The number of Topliss-reactive ketones (excluding diaryl/α,β-unsaturated/α-hetero) is 1. The first kappa shape index (κ1) is 15.3. The molecule has 3 nitrogen and oxygen atoms in total. The molecule has 0 unspecified atom stereocenters. The lowest BCUT2D eigenvalue weighted by atomic mass is 10.0. The monoisotopic (exact) mass is 303 g/mol. The number of hydrogen-bond donors (Lipinski definition) is 0. The van der Waals surface area contributed by atoms with Gasteiger partial charge in [-0.3, -0.25) is 9.59 Å². The number of benzene rings is 1. The van der Waals surface area contributed by atoms with Crippen molar-refractivity contribution in [3.05, 3.63) is 53.4 Å². The van der Waals surface area contributed by atoms with E-state index in [0.717, 1.165) is 5.56 Å². The summed E-state index contributed by atoms with van der Waals surface area (Å²) in [7, 11) is 0. The molecule has 1 aliphatic heterocycles. The van der Waals surface area contributed by atoms with Gasteiger partial charge in [0.05, 0.1) is 17.0 Å². The molecule has 0 aliphatic carbocycles. The first-order valence-corrected chi connectivity index (χ1v) is 6.95. The molecular weight excluding hydrogens is 289 g/mol. The van der Waals surface area contributed by atoms with Crippen LogP contribution in [0.3, 0.4) is 0 Å². The van der Waals surface area contributed by atoms with Crippen LogP contribution in [-0.2, 0) is 9.59 Å². The minimum absolute atomic E-state index is 0.0884. The standard InChI is InChI=1S/C16H14FNO2S/c1-2-18-15(21)10-14(19)13(16(18)20)5-3-4-11-6-8-12(17)9-7-11/h3-9H,2,10H2,1H3/b4-3+,13-5+. The number of carbonyl (C=O) groups is 2. The Balaban J connectivity index is 2.19. The summed E-state index contributed by atoms with van der Waals surface area (Å²) < 4.78 is 12.8. The molecule has 1 amide bonds. The third kappa shape index (κ3) is 3.49. The van der Waals surface area contributed by atoms with Crippen LogP contribution >= 0.6 is 12.2 Å². The highest BCUT2D eigenvalue weighted by Crippen LogP contribution is 2.16. The minimum Gasteiger partial charge on any atom is -0.302 e. The van der Waals surface area contributed by atoms with Gasteiger partial charge < -0.3 is 4.90 Å². The lowest BCUT2D eigenvalue weighted by Crippen LogP contribution is -2.44. The molecule has 21 heavy (non-hydrogen) atoms. The predicted octanol–water partition coefficient (Wildman–Crippen LogP) is 2.91. The van der Waals surface area contributed by atoms with Gasteiger partial charge >= 0.3 is 0 Å². The van der Waals surface area contributed by atoms with Crippen molar-refractivity contribution in [3.63, 3.8) is 0 Å². The van der Waals surface area contributed by atoms with Crippen LogP contribution in [0.4, 0.5) is 4.39 Å². The zero-order valence-corrected chi connectivity index (χ0v) is 12.3. The quantitative estimate of drug-likeness (QED) is 0.489. The number of ketones is 1. The van der Waals surface area contributed by atoms with Gasteiger partial charge in [-0.05, 0) is 30.7 Å². The van der Waals surface area contributed by atoms with Crippen molar-refractivity contribution in [3.8, 4) is 0 Å². The van der Waals surface area contributed by atoms with Gasteiger partial charge in [0.25, 0.3) is 5.91 Å². The fraction of sp³-hybridized carbons (Fsp3) is 0.188. The van der Waals surface area contributed by atoms with E-state index in [0.29, 0.717) is 11.5 Å². The van der Waals surface area contributed by atoms with Gasteiger partial charge in [0.2, 0.25) is 0 Å². The lowest BCUT2D eigenvalue weighted by Gasteiger charge is -2.26. The zero-order valence-electron chi connectivity index (χ0n) is 11.5. The van der Waals surface area contributed by atoms with Crippen LogP contribution in [-0.4, -0.2) is 28.1 Å². The molecule has 0 spiro atoms. The molecule has 1 aromatic rings. The van der Waals surface area contributed by atoms with Crippen LogP contribution < -0.4 is 0 Å². The highest BCUT2D eigenvalue weighted by atomic mass is 32.1. The summed E-state index contributed by atoms with van der Waals surface area (Å²) in [6, 6.07) is 5.92. The number of thiocarbonyl (C=S) groups is 1. The van der Waals surface area contributed by atoms with Gasteiger partial charge in [-0.1, -0.05) is 36.5 Å². The highest BCUT2D eigenvalue weighted by Gasteiger charge is 2.31. The number of hydrogen-bond acceptors (Lipinski definition) is 3. The van der Waals surface area contributed by atoms with Crippen molar-refractivity contribution >= 4 is 35.0 Å². The smallest absolute Gasteiger partial charge is 0.262 e. The summed E-state index contributed by atoms with van der Waals surface area (Å²) in [6.45, 7) is 2.26. The van der Waals surface area contributed by atoms with Crippen molar-refractivity contribution < 1.29 is 14.0 Å². The van der Waals surface area contributed by atoms with E-state index in [1.165, 1.54) is 23.1 Å². The predicted molar refractivity (Wildman–Crippen MR) is 83.1 cm³/mol. The van der Waals surface area contributed by atoms with E-state index in [2.05, 4.69) is 0 Å². The Hall–Kier alpha value is -2.14. The van der Waals surface area contributed by atoms with E-state index in [9.17, 15) is 14.0 Å². The molecule has 0 radical (unpaired) electrons. The second kappa shape index (κ2) is 6.54. The van der Waals surface area contributed by atoms with E-state index in [-0.39, 0.29) is 29.5 Å². The van der Waals surface area contributed by atoms with Crippen molar-refractivity contribution in [1.29, 1.82) is 0 Å². The number of nitrogens with zero attached hydrogens (tertiary/aromatic N) is 1. The number of rotatable bonds is 3. The van der Waals surface area contributed by atoms with Crippen LogP contribution in [0.15, 0.2) is 42.0 Å². The van der Waals surface area contributed by atoms with Crippen LogP contribution in [0, 0.1) is 5.82 Å². The van der Waals surface area contributed by atoms with Gasteiger partial charge in [0.15, 0.2) is 5.78 Å². The minimum atomic E-state index is -0.359. The Morgan fingerprint density at radius 1 is 1.29 bits per heavy atom. The van der Waals surface area contributed by atoms with Gasteiger partial charge in [-0.25, -0.2) is 4.39 Å². The molecule has 0 saturated carbocycles. The van der Waals surface area contributed by atoms with Crippen molar-refractivity contribution in [2.75, 3.05) is 6.54 Å². The number of allylic oxidation sites excluding steroid dienone is 2. The molecular formula is C16H14FNO2S. The van der Waals surface area contributed by atoms with Crippen molar-refractivity contribution in [2.24, 2.45) is 0 Å². The van der Waals surface area contributed by atoms with Crippen LogP contribution in [0.5, 0.6) is 0 Å². The van der Waals surface area contributed by atoms with Gasteiger partial charge in [0.1, 0.15) is 5.82 Å². The molecule has 0 atom stereocenters. The third-order valence-electron chi connectivity index (χ3n) is 3.13. The van der Waals surface area contributed by atoms with Crippen LogP contribution in [0.1, 0.15) is 18.9 Å². The molecule has 108 valence electrons. The maximum absolute atomic E-state index is 12.8. The number of likely N-dealkylation sites (tertiary alicyclic amines) is 1. The summed E-state index contributed by atoms with van der Waals surface area (Å²) in [5, 5.41) is 0. The Morgan fingerprint density at radius 2 is 1.95 bits per heavy atom. The average molecular weight is 303 g/mol. The summed E-state index contributed by atoms with van der Waals surface area (Å²) in [5.41, 5.74) is 0.913. The third-order valence-corrected chi connectivity index (χ3v) is 3.49. The summed E-state index contributed by atoms with van der Waals surface area (Å²) in [4.78, 5) is 25.8. The second-order valence-corrected chi connectivity index (χ2v) is 5.01. The Kier molecular flexibility index (Phi) is 4.75. The molecule has 5 heteroatoms. The second-order valence-electron chi connectivity index (χ2n) is 4.53. The van der Waals surface area contributed by atoms with Crippen molar-refractivity contribution in [1.82, 2.24) is 4.90 Å². The number of amides is 1. The zero-order chi connectivity index (χ0) is 15.4. The largest absolute Gasteiger partial charge is 0.302 e. The van der Waals surface area contributed by atoms with Crippen LogP contribution in [0.2, 0.25) is 0 Å². The number of carbonyl (C=O) groups excluding carboxylic acids is 2. The van der Waals surface area contributed by atoms with Crippen molar-refractivity contribution in [2.45, 2.75) is 13.3 Å². The molecule has 1 aliphatic rings. The number of likely N-dealkylation sites (N-methyl/N-ethyl adjacent to an activating group) is 1. The van der Waals surface area contributed by atoms with Gasteiger partial charge in [-0.2, -0.15) is 0 Å². The van der Waals surface area contributed by atoms with Gasteiger partial charge in [0, 0.05) is 6.54 Å². The molecule has 0 N–H and O–H groups in total. The maximum Gasteiger partial charge on any atom is 0.262 e. The average Bonchev–Trinajstić information content (AvgIpc) is 2.44. The molecule has 2 rings (SSSR count). The van der Waals surface area contributed by atoms with E-state index in [1.807, 2.05) is 6.92 Å². The Bertz CT molecular complexity index is 647. The van der Waals surface area contributed by atoms with Crippen LogP contribution in [0.25, 0.3) is 6.08 Å². The molecule has 0 aromatic heterocycles. The normalized spacial score (nSPS) is 18.1.